The Kier molecular flexibility index (Phi) is 5.74. The molecule has 2 aromatic carbocycles. The number of alkyl halides is 3. The van der Waals surface area contributed by atoms with Crippen molar-refractivity contribution in [2.45, 2.75) is 19.6 Å². The summed E-state index contributed by atoms with van der Waals surface area (Å²) in [6.45, 7) is 1.32. The molecule has 4 rings (SSSR count). The second kappa shape index (κ2) is 8.36. The number of nitrogens with one attached hydrogen (secondary N) is 1. The fraction of sp³-hybridized carbons (Fsp3) is 0.143. The van der Waals surface area contributed by atoms with Crippen molar-refractivity contribution >= 4 is 44.7 Å². The number of amides is 1. The van der Waals surface area contributed by atoms with E-state index in [1.807, 2.05) is 0 Å². The number of thiazole rings is 1. The first-order chi connectivity index (χ1) is 15.1. The number of aromatic nitrogens is 3. The smallest absolute Gasteiger partial charge is 0.324 e. The number of benzene rings is 2. The lowest BCUT2D eigenvalue weighted by Gasteiger charge is -2.10. The Bertz CT molecular complexity index is 1360. The first kappa shape index (κ1) is 22.0. The minimum atomic E-state index is -4.47. The summed E-state index contributed by atoms with van der Waals surface area (Å²) in [4.78, 5) is 29.6. The molecule has 32 heavy (non-hydrogen) atoms. The maximum atomic E-state index is 12.8. The van der Waals surface area contributed by atoms with Gasteiger partial charge >= 0.3 is 6.18 Å². The van der Waals surface area contributed by atoms with E-state index in [9.17, 15) is 22.8 Å². The average Bonchev–Trinajstić information content (AvgIpc) is 3.12. The Hall–Kier alpha value is -3.24. The highest BCUT2D eigenvalue weighted by molar-refractivity contribution is 7.19. The van der Waals surface area contributed by atoms with Crippen LogP contribution in [-0.4, -0.2) is 20.7 Å². The normalized spacial score (nSPS) is 11.7. The summed E-state index contributed by atoms with van der Waals surface area (Å²) in [6.07, 6.45) is -4.47. The minimum Gasteiger partial charge on any atom is -0.324 e. The standard InChI is InChI=1S/C21H14ClF3N4O2S/c1-11-26-18-19(32-11)17(12-2-6-14(22)7-3-12)28-29(20(18)31)10-16(30)27-15-8-4-13(5-9-15)21(23,24)25/h2-9H,10H2,1H3,(H,27,30). The molecule has 0 saturated heterocycles. The number of anilines is 1. The summed E-state index contributed by atoms with van der Waals surface area (Å²) in [6, 6.07) is 10.9. The van der Waals surface area contributed by atoms with Gasteiger partial charge in [-0.05, 0) is 43.3 Å². The van der Waals surface area contributed by atoms with Crippen LogP contribution in [0.3, 0.4) is 0 Å². The van der Waals surface area contributed by atoms with Crippen LogP contribution < -0.4 is 10.9 Å². The van der Waals surface area contributed by atoms with E-state index in [1.165, 1.54) is 11.3 Å². The van der Waals surface area contributed by atoms with Crippen molar-refractivity contribution < 1.29 is 18.0 Å². The van der Waals surface area contributed by atoms with Gasteiger partial charge in [0.25, 0.3) is 5.56 Å². The molecular formula is C21H14ClF3N4O2S. The molecule has 0 aliphatic carbocycles. The average molecular weight is 479 g/mol. The number of hydrogen-bond donors (Lipinski definition) is 1. The van der Waals surface area contributed by atoms with Gasteiger partial charge < -0.3 is 5.32 Å². The number of aryl methyl sites for hydroxylation is 1. The molecule has 6 nitrogen and oxygen atoms in total. The number of carbonyl (C=O) groups is 1. The van der Waals surface area contributed by atoms with E-state index in [0.29, 0.717) is 26.0 Å². The molecule has 0 aliphatic rings. The first-order valence-electron chi connectivity index (χ1n) is 9.23. The van der Waals surface area contributed by atoms with Crippen LogP contribution >= 0.6 is 22.9 Å². The van der Waals surface area contributed by atoms with Gasteiger partial charge in [-0.3, -0.25) is 9.59 Å². The number of hydrogen-bond acceptors (Lipinski definition) is 5. The van der Waals surface area contributed by atoms with Crippen LogP contribution in [0.5, 0.6) is 0 Å². The Morgan fingerprint density at radius 1 is 1.12 bits per heavy atom. The zero-order valence-corrected chi connectivity index (χ0v) is 18.0. The lowest BCUT2D eigenvalue weighted by molar-refractivity contribution is -0.137. The van der Waals surface area contributed by atoms with Gasteiger partial charge in [0.05, 0.1) is 15.3 Å². The van der Waals surface area contributed by atoms with Crippen molar-refractivity contribution in [3.05, 3.63) is 74.5 Å². The molecule has 2 heterocycles. The third-order valence-electron chi connectivity index (χ3n) is 4.51. The topological polar surface area (TPSA) is 76.9 Å². The number of nitrogens with zero attached hydrogens (tertiary/aromatic N) is 3. The maximum absolute atomic E-state index is 12.8. The summed E-state index contributed by atoms with van der Waals surface area (Å²) in [5.74, 6) is -0.618. The molecule has 2 aromatic heterocycles. The van der Waals surface area contributed by atoms with E-state index in [0.717, 1.165) is 28.9 Å². The van der Waals surface area contributed by atoms with Crippen LogP contribution in [0.1, 0.15) is 10.6 Å². The summed E-state index contributed by atoms with van der Waals surface area (Å²) in [7, 11) is 0. The molecule has 0 spiro atoms. The Morgan fingerprint density at radius 3 is 2.41 bits per heavy atom. The maximum Gasteiger partial charge on any atom is 0.416 e. The van der Waals surface area contributed by atoms with Crippen molar-refractivity contribution in [1.29, 1.82) is 0 Å². The van der Waals surface area contributed by atoms with Crippen molar-refractivity contribution in [2.24, 2.45) is 0 Å². The van der Waals surface area contributed by atoms with Gasteiger partial charge in [-0.2, -0.15) is 18.3 Å². The fourth-order valence-corrected chi connectivity index (χ4v) is 4.09. The molecule has 0 bridgehead atoms. The van der Waals surface area contributed by atoms with E-state index >= 15 is 0 Å². The molecular weight excluding hydrogens is 465 g/mol. The highest BCUT2D eigenvalue weighted by atomic mass is 35.5. The molecule has 4 aromatic rings. The molecule has 0 aliphatic heterocycles. The zero-order valence-electron chi connectivity index (χ0n) is 16.4. The molecule has 1 N–H and O–H groups in total. The Morgan fingerprint density at radius 2 is 1.78 bits per heavy atom. The second-order valence-electron chi connectivity index (χ2n) is 6.85. The molecule has 0 unspecified atom stereocenters. The van der Waals surface area contributed by atoms with Crippen LogP contribution in [0.2, 0.25) is 5.02 Å². The van der Waals surface area contributed by atoms with Crippen LogP contribution in [0.15, 0.2) is 53.3 Å². The number of fused-ring (bicyclic) bond motifs is 1. The quantitative estimate of drug-likeness (QED) is 0.440. The minimum absolute atomic E-state index is 0.166. The molecule has 0 atom stereocenters. The molecule has 1 amide bonds. The summed E-state index contributed by atoms with van der Waals surface area (Å²) in [5.41, 5.74) is 0.161. The summed E-state index contributed by atoms with van der Waals surface area (Å²) in [5, 5.41) is 8.04. The van der Waals surface area contributed by atoms with Crippen LogP contribution in [0.25, 0.3) is 21.5 Å². The third-order valence-corrected chi connectivity index (χ3v) is 5.74. The van der Waals surface area contributed by atoms with Crippen molar-refractivity contribution in [3.8, 4) is 11.3 Å². The number of rotatable bonds is 4. The highest BCUT2D eigenvalue weighted by Crippen LogP contribution is 2.31. The van der Waals surface area contributed by atoms with Gasteiger partial charge in [0.2, 0.25) is 5.91 Å². The first-order valence-corrected chi connectivity index (χ1v) is 10.4. The zero-order chi connectivity index (χ0) is 23.0. The predicted octanol–water partition coefficient (Wildman–Crippen LogP) is 5.14. The van der Waals surface area contributed by atoms with Gasteiger partial charge in [-0.15, -0.1) is 11.3 Å². The summed E-state index contributed by atoms with van der Waals surface area (Å²) >= 11 is 7.27. The highest BCUT2D eigenvalue weighted by Gasteiger charge is 2.30. The van der Waals surface area contributed by atoms with Crippen molar-refractivity contribution in [3.63, 3.8) is 0 Å². The largest absolute Gasteiger partial charge is 0.416 e. The molecule has 0 fully saturated rings. The predicted molar refractivity (Wildman–Crippen MR) is 117 cm³/mol. The lowest BCUT2D eigenvalue weighted by atomic mass is 10.1. The van der Waals surface area contributed by atoms with Crippen LogP contribution in [-0.2, 0) is 17.5 Å². The Labute approximate surface area is 188 Å². The summed E-state index contributed by atoms with van der Waals surface area (Å²) < 4.78 is 39.7. The van der Waals surface area contributed by atoms with E-state index in [1.54, 1.807) is 31.2 Å². The second-order valence-corrected chi connectivity index (χ2v) is 8.49. The fourth-order valence-electron chi connectivity index (χ4n) is 3.05. The van der Waals surface area contributed by atoms with Gasteiger partial charge in [0.15, 0.2) is 5.52 Å². The van der Waals surface area contributed by atoms with Gasteiger partial charge in [-0.1, -0.05) is 23.7 Å². The van der Waals surface area contributed by atoms with E-state index in [-0.39, 0.29) is 11.2 Å². The Balaban J connectivity index is 1.65. The number of carbonyl (C=O) groups excluding carboxylic acids is 1. The lowest BCUT2D eigenvalue weighted by Crippen LogP contribution is -2.30. The molecule has 164 valence electrons. The van der Waals surface area contributed by atoms with Crippen LogP contribution in [0, 0.1) is 6.92 Å². The van der Waals surface area contributed by atoms with Gasteiger partial charge in [0.1, 0.15) is 12.2 Å². The van der Waals surface area contributed by atoms with Gasteiger partial charge in [-0.25, -0.2) is 9.67 Å². The molecule has 11 heteroatoms. The third kappa shape index (κ3) is 4.51. The monoisotopic (exact) mass is 478 g/mol. The van der Waals surface area contributed by atoms with E-state index in [4.69, 9.17) is 11.6 Å². The molecule has 0 saturated carbocycles. The van der Waals surface area contributed by atoms with Gasteiger partial charge in [0, 0.05) is 16.3 Å². The number of halogens is 4. The molecule has 0 radical (unpaired) electrons. The van der Waals surface area contributed by atoms with E-state index in [2.05, 4.69) is 15.4 Å². The van der Waals surface area contributed by atoms with Crippen molar-refractivity contribution in [1.82, 2.24) is 14.8 Å². The van der Waals surface area contributed by atoms with Crippen LogP contribution in [0.4, 0.5) is 18.9 Å². The van der Waals surface area contributed by atoms with E-state index < -0.39 is 29.8 Å². The van der Waals surface area contributed by atoms with Crippen molar-refractivity contribution in [2.75, 3.05) is 5.32 Å². The SMILES string of the molecule is Cc1nc2c(=O)n(CC(=O)Nc3ccc(C(F)(F)F)cc3)nc(-c3ccc(Cl)cc3)c2s1.